The summed E-state index contributed by atoms with van der Waals surface area (Å²) in [4.78, 5) is 0. The van der Waals surface area contributed by atoms with Crippen molar-refractivity contribution in [3.05, 3.63) is 35.6 Å². The Morgan fingerprint density at radius 1 is 1.14 bits per heavy atom. The smallest absolute Gasteiger partial charge is 0.213 e. The molecule has 0 aliphatic carbocycles. The summed E-state index contributed by atoms with van der Waals surface area (Å²) in [6.45, 7) is 1.33. The molecule has 0 fully saturated rings. The van der Waals surface area contributed by atoms with Crippen molar-refractivity contribution in [2.75, 3.05) is 39.2 Å². The van der Waals surface area contributed by atoms with Gasteiger partial charge in [0.2, 0.25) is 10.0 Å². The van der Waals surface area contributed by atoms with E-state index in [4.69, 9.17) is 9.47 Å². The van der Waals surface area contributed by atoms with Crippen LogP contribution in [0.25, 0.3) is 0 Å². The van der Waals surface area contributed by atoms with Crippen molar-refractivity contribution < 1.29 is 22.3 Å². The molecule has 5 nitrogen and oxygen atoms in total. The maximum atomic E-state index is 13.4. The largest absolute Gasteiger partial charge is 0.382 e. The maximum absolute atomic E-state index is 13.4. The van der Waals surface area contributed by atoms with Gasteiger partial charge in [0.1, 0.15) is 5.82 Å². The van der Waals surface area contributed by atoms with Crippen molar-refractivity contribution in [2.24, 2.45) is 0 Å². The third kappa shape index (κ3) is 8.43. The first-order valence-electron chi connectivity index (χ1n) is 7.32. The molecule has 126 valence electrons. The van der Waals surface area contributed by atoms with Gasteiger partial charge in [-0.05, 0) is 30.9 Å². The average molecular weight is 333 g/mol. The number of hydrogen-bond donors (Lipinski definition) is 1. The quantitative estimate of drug-likeness (QED) is 0.592. The zero-order valence-corrected chi connectivity index (χ0v) is 13.7. The van der Waals surface area contributed by atoms with Gasteiger partial charge in [0.15, 0.2) is 0 Å². The third-order valence-electron chi connectivity index (χ3n) is 3.08. The van der Waals surface area contributed by atoms with Crippen molar-refractivity contribution >= 4 is 10.0 Å². The van der Waals surface area contributed by atoms with Crippen LogP contribution in [0.1, 0.15) is 18.4 Å². The van der Waals surface area contributed by atoms with Crippen LogP contribution in [0.15, 0.2) is 24.3 Å². The van der Waals surface area contributed by atoms with Crippen molar-refractivity contribution in [2.45, 2.75) is 19.3 Å². The van der Waals surface area contributed by atoms with E-state index in [0.717, 1.165) is 6.42 Å². The predicted octanol–water partition coefficient (Wildman–Crippen LogP) is 1.73. The highest BCUT2D eigenvalue weighted by Crippen LogP contribution is 2.09. The van der Waals surface area contributed by atoms with Crippen molar-refractivity contribution in [1.82, 2.24) is 4.72 Å². The van der Waals surface area contributed by atoms with Gasteiger partial charge in [0.05, 0.1) is 25.6 Å². The lowest BCUT2D eigenvalue weighted by molar-refractivity contribution is 0.0784. The normalized spacial score (nSPS) is 11.7. The van der Waals surface area contributed by atoms with Gasteiger partial charge in [-0.1, -0.05) is 18.2 Å². The molecule has 1 N–H and O–H groups in total. The van der Waals surface area contributed by atoms with Gasteiger partial charge >= 0.3 is 0 Å². The van der Waals surface area contributed by atoms with Gasteiger partial charge in [-0.2, -0.15) is 0 Å². The monoisotopic (exact) mass is 333 g/mol. The summed E-state index contributed by atoms with van der Waals surface area (Å²) in [7, 11) is -1.75. The lowest BCUT2D eigenvalue weighted by atomic mass is 10.1. The fourth-order valence-corrected chi connectivity index (χ4v) is 2.79. The average Bonchev–Trinajstić information content (AvgIpc) is 2.48. The minimum absolute atomic E-state index is 0.0654. The van der Waals surface area contributed by atoms with Crippen LogP contribution in [0, 0.1) is 5.82 Å². The summed E-state index contributed by atoms with van der Waals surface area (Å²) < 4.78 is 49.2. The molecule has 1 rings (SSSR count). The van der Waals surface area contributed by atoms with E-state index in [2.05, 4.69) is 4.72 Å². The number of unbranched alkanes of at least 4 members (excludes halogenated alkanes) is 1. The van der Waals surface area contributed by atoms with Crippen LogP contribution in [-0.2, 0) is 25.9 Å². The number of halogens is 1. The Balaban J connectivity index is 2.11. The fraction of sp³-hybridized carbons (Fsp3) is 0.600. The number of sulfonamides is 1. The molecule has 0 heterocycles. The van der Waals surface area contributed by atoms with Gasteiger partial charge in [-0.15, -0.1) is 0 Å². The van der Waals surface area contributed by atoms with Crippen LogP contribution in [0.4, 0.5) is 4.39 Å². The zero-order chi connectivity index (χ0) is 16.3. The third-order valence-corrected chi connectivity index (χ3v) is 4.43. The number of nitrogens with one attached hydrogen (secondary N) is 1. The van der Waals surface area contributed by atoms with Crippen LogP contribution >= 0.6 is 0 Å². The number of methoxy groups -OCH3 is 1. The predicted molar refractivity (Wildman–Crippen MR) is 83.8 cm³/mol. The van der Waals surface area contributed by atoms with Crippen LogP contribution in [0.3, 0.4) is 0 Å². The standard InChI is InChI=1S/C15H24FNO4S/c1-20-10-11-21-12-13-22(18,19)17-9-5-4-7-14-6-2-3-8-15(14)16/h2-3,6,8,17H,4-5,7,9-13H2,1H3. The van der Waals surface area contributed by atoms with E-state index >= 15 is 0 Å². The second-order valence-electron chi connectivity index (χ2n) is 4.87. The van der Waals surface area contributed by atoms with E-state index in [0.29, 0.717) is 38.2 Å². The maximum Gasteiger partial charge on any atom is 0.213 e. The first-order valence-corrected chi connectivity index (χ1v) is 8.98. The zero-order valence-electron chi connectivity index (χ0n) is 12.9. The molecule has 0 radical (unpaired) electrons. The molecule has 0 unspecified atom stereocenters. The van der Waals surface area contributed by atoms with E-state index < -0.39 is 10.0 Å². The topological polar surface area (TPSA) is 64.6 Å². The highest BCUT2D eigenvalue weighted by Gasteiger charge is 2.09. The molecule has 0 amide bonds. The van der Waals surface area contributed by atoms with Crippen LogP contribution in [0.5, 0.6) is 0 Å². The SMILES string of the molecule is COCCOCCS(=O)(=O)NCCCCc1ccccc1F. The lowest BCUT2D eigenvalue weighted by Gasteiger charge is -2.07. The Hall–Kier alpha value is -1.02. The van der Waals surface area contributed by atoms with Crippen LogP contribution < -0.4 is 4.72 Å². The van der Waals surface area contributed by atoms with Gasteiger partial charge in [0, 0.05) is 13.7 Å². The van der Waals surface area contributed by atoms with E-state index in [1.54, 1.807) is 25.3 Å². The molecule has 0 aliphatic rings. The Labute approximate surface area is 131 Å². The van der Waals surface area contributed by atoms with E-state index in [-0.39, 0.29) is 18.2 Å². The molecule has 0 aromatic heterocycles. The molecule has 0 saturated carbocycles. The highest BCUT2D eigenvalue weighted by atomic mass is 32.2. The second-order valence-corrected chi connectivity index (χ2v) is 6.79. The minimum Gasteiger partial charge on any atom is -0.382 e. The number of rotatable bonds is 12. The highest BCUT2D eigenvalue weighted by molar-refractivity contribution is 7.89. The van der Waals surface area contributed by atoms with Gasteiger partial charge < -0.3 is 9.47 Å². The Bertz CT molecular complexity index is 522. The first-order chi connectivity index (χ1) is 10.5. The van der Waals surface area contributed by atoms with Gasteiger partial charge in [-0.25, -0.2) is 17.5 Å². The first kappa shape index (κ1) is 19.0. The van der Waals surface area contributed by atoms with E-state index in [1.807, 2.05) is 0 Å². The summed E-state index contributed by atoms with van der Waals surface area (Å²) in [6, 6.07) is 6.63. The molecule has 0 spiro atoms. The lowest BCUT2D eigenvalue weighted by Crippen LogP contribution is -2.29. The molecule has 7 heteroatoms. The summed E-state index contributed by atoms with van der Waals surface area (Å²) in [5.41, 5.74) is 0.664. The summed E-state index contributed by atoms with van der Waals surface area (Å²) in [5.74, 6) is -0.277. The molecular formula is C15H24FNO4S. The molecule has 22 heavy (non-hydrogen) atoms. The van der Waals surface area contributed by atoms with Crippen molar-refractivity contribution in [1.29, 1.82) is 0 Å². The Morgan fingerprint density at radius 2 is 1.91 bits per heavy atom. The molecule has 0 aliphatic heterocycles. The molecule has 1 aromatic carbocycles. The molecule has 1 aromatic rings. The number of hydrogen-bond acceptors (Lipinski definition) is 4. The van der Waals surface area contributed by atoms with Crippen molar-refractivity contribution in [3.63, 3.8) is 0 Å². The Morgan fingerprint density at radius 3 is 2.64 bits per heavy atom. The molecule has 0 atom stereocenters. The Kier molecular flexibility index (Phi) is 9.22. The summed E-state index contributed by atoms with van der Waals surface area (Å²) in [6.07, 6.45) is 2.00. The van der Waals surface area contributed by atoms with E-state index in [1.165, 1.54) is 6.07 Å². The summed E-state index contributed by atoms with van der Waals surface area (Å²) >= 11 is 0. The van der Waals surface area contributed by atoms with Crippen molar-refractivity contribution in [3.8, 4) is 0 Å². The summed E-state index contributed by atoms with van der Waals surface area (Å²) in [5, 5.41) is 0. The van der Waals surface area contributed by atoms with Crippen LogP contribution in [0.2, 0.25) is 0 Å². The molecule has 0 bridgehead atoms. The molecular weight excluding hydrogens is 309 g/mol. The molecule has 0 saturated heterocycles. The number of benzene rings is 1. The number of aryl methyl sites for hydroxylation is 1. The van der Waals surface area contributed by atoms with Gasteiger partial charge in [-0.3, -0.25) is 0 Å². The fourth-order valence-electron chi connectivity index (χ4n) is 1.85. The number of ether oxygens (including phenoxy) is 2. The van der Waals surface area contributed by atoms with Gasteiger partial charge in [0.25, 0.3) is 0 Å². The minimum atomic E-state index is -3.31. The second kappa shape index (κ2) is 10.7. The van der Waals surface area contributed by atoms with E-state index in [9.17, 15) is 12.8 Å². The van der Waals surface area contributed by atoms with Crippen LogP contribution in [-0.4, -0.2) is 47.6 Å².